The topological polar surface area (TPSA) is 104 Å². The molecule has 0 radical (unpaired) electrons. The molecule has 2 aromatic rings. The molecule has 1 aromatic carbocycles. The Morgan fingerprint density at radius 3 is 2.90 bits per heavy atom. The number of carbonyl (C=O) groups is 1. The molecule has 0 aliphatic rings. The second kappa shape index (κ2) is 5.82. The number of anilines is 2. The van der Waals surface area contributed by atoms with Gasteiger partial charge in [-0.25, -0.2) is 4.98 Å². The normalized spacial score (nSPS) is 12.1. The minimum absolute atomic E-state index is 0.0316. The quantitative estimate of drug-likeness (QED) is 0.722. The van der Waals surface area contributed by atoms with Crippen LogP contribution in [-0.4, -0.2) is 40.4 Å². The van der Waals surface area contributed by atoms with Gasteiger partial charge in [-0.05, 0) is 26.0 Å². The van der Waals surface area contributed by atoms with E-state index in [-0.39, 0.29) is 11.5 Å². The Morgan fingerprint density at radius 2 is 2.24 bits per heavy atom. The zero-order valence-corrected chi connectivity index (χ0v) is 12.3. The van der Waals surface area contributed by atoms with Crippen LogP contribution in [0, 0.1) is 0 Å². The molecule has 1 atom stereocenters. The van der Waals surface area contributed by atoms with Crippen molar-refractivity contribution in [2.45, 2.75) is 19.9 Å². The second-order valence-electron chi connectivity index (χ2n) is 4.91. The minimum Gasteiger partial charge on any atom is -0.397 e. The number of fused-ring (bicyclic) bond motifs is 1. The molecule has 0 saturated carbocycles. The maximum Gasteiger partial charge on any atom is 0.258 e. The van der Waals surface area contributed by atoms with Crippen molar-refractivity contribution in [1.29, 1.82) is 0 Å². The number of nitrogens with two attached hydrogens (primary N) is 1. The Balaban J connectivity index is 2.33. The Bertz CT molecular complexity index is 725. The van der Waals surface area contributed by atoms with Crippen LogP contribution in [0.5, 0.6) is 0 Å². The molecule has 0 aliphatic heterocycles. The first-order chi connectivity index (χ1) is 9.93. The monoisotopic (exact) mass is 289 g/mol. The lowest BCUT2D eigenvalue weighted by molar-refractivity contribution is -0.130. The molecule has 7 nitrogen and oxygen atoms in total. The van der Waals surface area contributed by atoms with Crippen LogP contribution in [0.15, 0.2) is 23.3 Å². The number of amides is 1. The molecule has 1 aromatic heterocycles. The van der Waals surface area contributed by atoms with E-state index in [2.05, 4.69) is 15.3 Å². The highest BCUT2D eigenvalue weighted by Gasteiger charge is 2.17. The van der Waals surface area contributed by atoms with Crippen molar-refractivity contribution in [3.05, 3.63) is 28.8 Å². The minimum atomic E-state index is -0.420. The van der Waals surface area contributed by atoms with Gasteiger partial charge in [0.2, 0.25) is 5.91 Å². The van der Waals surface area contributed by atoms with Gasteiger partial charge in [-0.2, -0.15) is 0 Å². The summed E-state index contributed by atoms with van der Waals surface area (Å²) in [6, 6.07) is 2.82. The summed E-state index contributed by atoms with van der Waals surface area (Å²) in [7, 11) is 1.74. The lowest BCUT2D eigenvalue weighted by Gasteiger charge is -2.22. The van der Waals surface area contributed by atoms with Crippen LogP contribution < -0.4 is 16.6 Å². The van der Waals surface area contributed by atoms with Gasteiger partial charge in [0.15, 0.2) is 0 Å². The van der Waals surface area contributed by atoms with Gasteiger partial charge >= 0.3 is 0 Å². The summed E-state index contributed by atoms with van der Waals surface area (Å²) in [5.41, 5.74) is 7.22. The summed E-state index contributed by atoms with van der Waals surface area (Å²) in [4.78, 5) is 32.0. The van der Waals surface area contributed by atoms with E-state index in [9.17, 15) is 9.59 Å². The lowest BCUT2D eigenvalue weighted by Crippen LogP contribution is -2.39. The first-order valence-electron chi connectivity index (χ1n) is 6.72. The summed E-state index contributed by atoms with van der Waals surface area (Å²) in [5.74, 6) is -0.0316. The van der Waals surface area contributed by atoms with Crippen LogP contribution in [0.1, 0.15) is 13.8 Å². The molecule has 21 heavy (non-hydrogen) atoms. The van der Waals surface area contributed by atoms with Crippen LogP contribution in [0.4, 0.5) is 11.4 Å². The van der Waals surface area contributed by atoms with Crippen molar-refractivity contribution in [2.75, 3.05) is 24.6 Å². The molecule has 0 saturated heterocycles. The van der Waals surface area contributed by atoms with Crippen molar-refractivity contribution in [1.82, 2.24) is 14.9 Å². The number of benzene rings is 1. The second-order valence-corrected chi connectivity index (χ2v) is 4.91. The van der Waals surface area contributed by atoms with E-state index >= 15 is 0 Å². The van der Waals surface area contributed by atoms with Gasteiger partial charge in [0.05, 0.1) is 28.6 Å². The zero-order chi connectivity index (χ0) is 15.6. The third kappa shape index (κ3) is 2.96. The molecule has 0 bridgehead atoms. The first kappa shape index (κ1) is 14.8. The number of nitrogens with one attached hydrogen (secondary N) is 2. The number of aromatic nitrogens is 2. The van der Waals surface area contributed by atoms with Gasteiger partial charge in [0, 0.05) is 13.6 Å². The fourth-order valence-electron chi connectivity index (χ4n) is 2.04. The highest BCUT2D eigenvalue weighted by Crippen LogP contribution is 2.23. The highest BCUT2D eigenvalue weighted by molar-refractivity contribution is 5.91. The van der Waals surface area contributed by atoms with E-state index in [0.29, 0.717) is 28.8 Å². The number of nitrogen functional groups attached to an aromatic ring is 1. The van der Waals surface area contributed by atoms with Crippen LogP contribution >= 0.6 is 0 Å². The van der Waals surface area contributed by atoms with Crippen molar-refractivity contribution in [3.8, 4) is 0 Å². The van der Waals surface area contributed by atoms with Gasteiger partial charge in [0.1, 0.15) is 6.04 Å². The Labute approximate surface area is 122 Å². The first-order valence-corrected chi connectivity index (χ1v) is 6.72. The number of carbonyl (C=O) groups excluding carboxylic acids is 1. The van der Waals surface area contributed by atoms with Crippen molar-refractivity contribution in [3.63, 3.8) is 0 Å². The standard InChI is InChI=1S/C14H19N5O2/c1-4-19(3)14(21)8(2)18-12-6-11-9(5-10(12)15)13(20)17-7-16-11/h5-8,18H,4,15H2,1-3H3,(H,16,17,20). The van der Waals surface area contributed by atoms with Crippen LogP contribution in [0.25, 0.3) is 10.9 Å². The van der Waals surface area contributed by atoms with Gasteiger partial charge in [-0.3, -0.25) is 9.59 Å². The molecule has 1 unspecified atom stereocenters. The van der Waals surface area contributed by atoms with E-state index < -0.39 is 6.04 Å². The molecular formula is C14H19N5O2. The fourth-order valence-corrected chi connectivity index (χ4v) is 2.04. The molecule has 0 spiro atoms. The Kier molecular flexibility index (Phi) is 4.11. The molecule has 112 valence electrons. The molecule has 7 heteroatoms. The zero-order valence-electron chi connectivity index (χ0n) is 12.3. The van der Waals surface area contributed by atoms with Crippen LogP contribution in [0.2, 0.25) is 0 Å². The predicted octanol–water partition coefficient (Wildman–Crippen LogP) is 0.784. The molecule has 0 aliphatic carbocycles. The lowest BCUT2D eigenvalue weighted by atomic mass is 10.1. The molecule has 2 rings (SSSR count). The van der Waals surface area contributed by atoms with Crippen LogP contribution in [-0.2, 0) is 4.79 Å². The van der Waals surface area contributed by atoms with Gasteiger partial charge in [0.25, 0.3) is 5.56 Å². The molecule has 1 heterocycles. The number of aromatic amines is 1. The fraction of sp³-hybridized carbons (Fsp3) is 0.357. The SMILES string of the molecule is CCN(C)C(=O)C(C)Nc1cc2nc[nH]c(=O)c2cc1N. The summed E-state index contributed by atoms with van der Waals surface area (Å²) in [6.07, 6.45) is 1.34. The Morgan fingerprint density at radius 1 is 1.52 bits per heavy atom. The number of rotatable bonds is 4. The highest BCUT2D eigenvalue weighted by atomic mass is 16.2. The average Bonchev–Trinajstić information content (AvgIpc) is 2.47. The molecular weight excluding hydrogens is 270 g/mol. The maximum absolute atomic E-state index is 12.1. The van der Waals surface area contributed by atoms with Crippen molar-refractivity contribution < 1.29 is 4.79 Å². The maximum atomic E-state index is 12.1. The number of hydrogen-bond acceptors (Lipinski definition) is 5. The third-order valence-corrected chi connectivity index (χ3v) is 3.40. The summed E-state index contributed by atoms with van der Waals surface area (Å²) >= 11 is 0. The Hall–Kier alpha value is -2.57. The molecule has 0 fully saturated rings. The predicted molar refractivity (Wildman–Crippen MR) is 83.2 cm³/mol. The van der Waals surface area contributed by atoms with Crippen molar-refractivity contribution in [2.24, 2.45) is 0 Å². The number of likely N-dealkylation sites (N-methyl/N-ethyl adjacent to an activating group) is 1. The van der Waals surface area contributed by atoms with E-state index in [4.69, 9.17) is 5.73 Å². The number of nitrogens with zero attached hydrogens (tertiary/aromatic N) is 2. The summed E-state index contributed by atoms with van der Waals surface area (Å²) in [5, 5.41) is 3.49. The molecule has 1 amide bonds. The van der Waals surface area contributed by atoms with Crippen molar-refractivity contribution >= 4 is 28.2 Å². The number of hydrogen-bond donors (Lipinski definition) is 3. The van der Waals surface area contributed by atoms with E-state index in [0.717, 1.165) is 0 Å². The third-order valence-electron chi connectivity index (χ3n) is 3.40. The largest absolute Gasteiger partial charge is 0.397 e. The van der Waals surface area contributed by atoms with Gasteiger partial charge in [-0.1, -0.05) is 0 Å². The van der Waals surface area contributed by atoms with Gasteiger partial charge in [-0.15, -0.1) is 0 Å². The number of H-pyrrole nitrogens is 1. The van der Waals surface area contributed by atoms with E-state index in [1.54, 1.807) is 31.0 Å². The average molecular weight is 289 g/mol. The smallest absolute Gasteiger partial charge is 0.258 e. The summed E-state index contributed by atoms with van der Waals surface area (Å²) < 4.78 is 0. The van der Waals surface area contributed by atoms with E-state index in [1.165, 1.54) is 6.33 Å². The molecule has 4 N–H and O–H groups in total. The van der Waals surface area contributed by atoms with E-state index in [1.807, 2.05) is 6.92 Å². The van der Waals surface area contributed by atoms with Gasteiger partial charge < -0.3 is 20.9 Å². The van der Waals surface area contributed by atoms with Crippen LogP contribution in [0.3, 0.4) is 0 Å². The summed E-state index contributed by atoms with van der Waals surface area (Å²) in [6.45, 7) is 4.31.